The molecule has 31 heavy (non-hydrogen) atoms. The van der Waals surface area contributed by atoms with Gasteiger partial charge in [-0.05, 0) is 72.7 Å². The van der Waals surface area contributed by atoms with Crippen molar-refractivity contribution in [1.82, 2.24) is 4.90 Å². The first-order valence-electron chi connectivity index (χ1n) is 10.7. The zero-order valence-electron chi connectivity index (χ0n) is 17.4. The van der Waals surface area contributed by atoms with Crippen LogP contribution in [-0.4, -0.2) is 52.3 Å². The third-order valence-electron chi connectivity index (χ3n) is 6.01. The normalized spacial score (nSPS) is 18.2. The van der Waals surface area contributed by atoms with Gasteiger partial charge in [0.15, 0.2) is 0 Å². The van der Waals surface area contributed by atoms with Crippen LogP contribution < -0.4 is 5.32 Å². The molecule has 1 aliphatic carbocycles. The van der Waals surface area contributed by atoms with Gasteiger partial charge in [0, 0.05) is 47.8 Å². The van der Waals surface area contributed by atoms with Gasteiger partial charge in [-0.25, -0.2) is 0 Å². The number of nitrogens with one attached hydrogen (secondary N) is 2. The summed E-state index contributed by atoms with van der Waals surface area (Å²) < 4.78 is 0. The molecule has 1 amide bonds. The Hall–Kier alpha value is -2.80. The van der Waals surface area contributed by atoms with Gasteiger partial charge >= 0.3 is 5.97 Å². The van der Waals surface area contributed by atoms with E-state index in [-0.39, 0.29) is 18.2 Å². The van der Waals surface area contributed by atoms with Crippen molar-refractivity contribution in [2.75, 3.05) is 29.9 Å². The van der Waals surface area contributed by atoms with Crippen LogP contribution >= 0.6 is 11.8 Å². The Morgan fingerprint density at radius 2 is 1.77 bits per heavy atom. The molecule has 2 aromatic rings. The summed E-state index contributed by atoms with van der Waals surface area (Å²) in [7, 11) is 0. The van der Waals surface area contributed by atoms with Gasteiger partial charge < -0.3 is 15.3 Å². The van der Waals surface area contributed by atoms with Crippen molar-refractivity contribution in [3.63, 3.8) is 0 Å². The second-order valence-corrected chi connectivity index (χ2v) is 9.39. The minimum Gasteiger partial charge on any atom is -0.481 e. The molecule has 6 nitrogen and oxygen atoms in total. The first-order valence-corrected chi connectivity index (χ1v) is 11.8. The average Bonchev–Trinajstić information content (AvgIpc) is 2.79. The maximum atomic E-state index is 12.7. The number of aliphatic carboxylic acids is 1. The molecule has 0 spiro atoms. The number of hydrogen-bond acceptors (Lipinski definition) is 4. The van der Waals surface area contributed by atoms with E-state index < -0.39 is 5.97 Å². The lowest BCUT2D eigenvalue weighted by Gasteiger charge is -2.28. The molecule has 0 saturated carbocycles. The second kappa shape index (κ2) is 9.56. The van der Waals surface area contributed by atoms with Crippen molar-refractivity contribution in [2.45, 2.75) is 25.7 Å². The zero-order valence-corrected chi connectivity index (χ0v) is 18.2. The lowest BCUT2D eigenvalue weighted by atomic mass is 9.81. The lowest BCUT2D eigenvalue weighted by Crippen LogP contribution is -2.37. The standard InChI is InChI=1S/C24H27N3O3S/c25-23(27-9-11-31-12-10-27)17-5-7-21(8-6-17)26-24(30)20-4-3-18-13-16(14-22(28)29)1-2-19(18)15-20/h3-8,15-16,25H,1-2,9-14H2,(H,26,30)(H,28,29). The van der Waals surface area contributed by atoms with Crippen LogP contribution in [0, 0.1) is 11.3 Å². The number of amidine groups is 1. The van der Waals surface area contributed by atoms with Crippen LogP contribution in [0.4, 0.5) is 5.69 Å². The highest BCUT2D eigenvalue weighted by Gasteiger charge is 2.22. The Morgan fingerprint density at radius 1 is 1.06 bits per heavy atom. The van der Waals surface area contributed by atoms with Crippen LogP contribution in [-0.2, 0) is 17.6 Å². The Labute approximate surface area is 186 Å². The van der Waals surface area contributed by atoms with Gasteiger partial charge in [0.25, 0.3) is 5.91 Å². The van der Waals surface area contributed by atoms with Crippen molar-refractivity contribution in [3.05, 3.63) is 64.7 Å². The summed E-state index contributed by atoms with van der Waals surface area (Å²) in [6.07, 6.45) is 2.60. The minimum absolute atomic E-state index is 0.161. The Kier molecular flexibility index (Phi) is 6.61. The molecule has 1 aliphatic heterocycles. The number of carboxylic acid groups (broad SMARTS) is 1. The molecule has 1 unspecified atom stereocenters. The van der Waals surface area contributed by atoms with Gasteiger partial charge in [0.1, 0.15) is 5.84 Å². The van der Waals surface area contributed by atoms with E-state index in [1.165, 1.54) is 0 Å². The van der Waals surface area contributed by atoms with E-state index in [2.05, 4.69) is 10.2 Å². The number of carboxylic acids is 1. The summed E-state index contributed by atoms with van der Waals surface area (Å²) >= 11 is 1.92. The smallest absolute Gasteiger partial charge is 0.303 e. The fourth-order valence-corrected chi connectivity index (χ4v) is 5.18. The van der Waals surface area contributed by atoms with Gasteiger partial charge in [0.05, 0.1) is 0 Å². The first kappa shape index (κ1) is 21.4. The molecule has 0 aromatic heterocycles. The van der Waals surface area contributed by atoms with E-state index in [0.29, 0.717) is 17.1 Å². The molecule has 1 heterocycles. The van der Waals surface area contributed by atoms with Crippen molar-refractivity contribution in [2.24, 2.45) is 5.92 Å². The summed E-state index contributed by atoms with van der Waals surface area (Å²) in [5, 5.41) is 20.4. The Morgan fingerprint density at radius 3 is 2.48 bits per heavy atom. The Balaban J connectivity index is 1.38. The molecular formula is C24H27N3O3S. The van der Waals surface area contributed by atoms with Crippen molar-refractivity contribution >= 4 is 35.2 Å². The molecule has 2 aliphatic rings. The fourth-order valence-electron chi connectivity index (χ4n) is 4.28. The van der Waals surface area contributed by atoms with E-state index in [1.54, 1.807) is 0 Å². The van der Waals surface area contributed by atoms with Crippen molar-refractivity contribution in [1.29, 1.82) is 5.41 Å². The Bertz CT molecular complexity index is 984. The number of nitrogens with zero attached hydrogens (tertiary/aromatic N) is 1. The third kappa shape index (κ3) is 5.28. The maximum Gasteiger partial charge on any atom is 0.303 e. The number of anilines is 1. The number of rotatable bonds is 5. The van der Waals surface area contributed by atoms with Crippen LogP contribution in [0.15, 0.2) is 42.5 Å². The summed E-state index contributed by atoms with van der Waals surface area (Å²) in [5.41, 5.74) is 4.45. The third-order valence-corrected chi connectivity index (χ3v) is 6.95. The average molecular weight is 438 g/mol. The van der Waals surface area contributed by atoms with Crippen LogP contribution in [0.5, 0.6) is 0 Å². The quantitative estimate of drug-likeness (QED) is 0.487. The number of aryl methyl sites for hydroxylation is 1. The minimum atomic E-state index is -0.750. The number of fused-ring (bicyclic) bond motifs is 1. The topological polar surface area (TPSA) is 93.5 Å². The number of amides is 1. The van der Waals surface area contributed by atoms with Gasteiger partial charge in [-0.1, -0.05) is 6.07 Å². The predicted molar refractivity (Wildman–Crippen MR) is 124 cm³/mol. The summed E-state index contributed by atoms with van der Waals surface area (Å²) in [5.74, 6) is 1.90. The molecule has 0 radical (unpaired) electrons. The summed E-state index contributed by atoms with van der Waals surface area (Å²) in [6, 6.07) is 13.2. The highest BCUT2D eigenvalue weighted by atomic mass is 32.2. The molecule has 7 heteroatoms. The first-order chi connectivity index (χ1) is 15.0. The molecule has 4 rings (SSSR count). The molecule has 1 saturated heterocycles. The van der Waals surface area contributed by atoms with Crippen LogP contribution in [0.2, 0.25) is 0 Å². The van der Waals surface area contributed by atoms with Crippen LogP contribution in [0.1, 0.15) is 39.9 Å². The van der Waals surface area contributed by atoms with Gasteiger partial charge in [-0.15, -0.1) is 0 Å². The molecule has 162 valence electrons. The zero-order chi connectivity index (χ0) is 21.8. The van der Waals surface area contributed by atoms with Gasteiger partial charge in [-0.2, -0.15) is 11.8 Å². The number of carbonyl (C=O) groups excluding carboxylic acids is 1. The van der Waals surface area contributed by atoms with Gasteiger partial charge in [0.2, 0.25) is 0 Å². The molecular weight excluding hydrogens is 410 g/mol. The number of benzene rings is 2. The van der Waals surface area contributed by atoms with E-state index in [1.807, 2.05) is 54.2 Å². The largest absolute Gasteiger partial charge is 0.481 e. The lowest BCUT2D eigenvalue weighted by molar-refractivity contribution is -0.138. The summed E-state index contributed by atoms with van der Waals surface area (Å²) in [6.45, 7) is 1.80. The van der Waals surface area contributed by atoms with E-state index in [0.717, 1.165) is 60.5 Å². The van der Waals surface area contributed by atoms with Crippen LogP contribution in [0.25, 0.3) is 0 Å². The van der Waals surface area contributed by atoms with E-state index in [4.69, 9.17) is 10.5 Å². The van der Waals surface area contributed by atoms with Gasteiger partial charge in [-0.3, -0.25) is 15.0 Å². The molecule has 0 bridgehead atoms. The monoisotopic (exact) mass is 437 g/mol. The SMILES string of the molecule is N=C(c1ccc(NC(=O)c2ccc3c(c2)CCC(CC(=O)O)C3)cc1)N1CCSCC1. The van der Waals surface area contributed by atoms with E-state index in [9.17, 15) is 9.59 Å². The fraction of sp³-hybridized carbons (Fsp3) is 0.375. The van der Waals surface area contributed by atoms with Crippen LogP contribution in [0.3, 0.4) is 0 Å². The number of carbonyl (C=O) groups is 2. The molecule has 1 atom stereocenters. The van der Waals surface area contributed by atoms with Crippen molar-refractivity contribution < 1.29 is 14.7 Å². The molecule has 1 fully saturated rings. The highest BCUT2D eigenvalue weighted by molar-refractivity contribution is 7.99. The number of thioether (sulfide) groups is 1. The molecule has 3 N–H and O–H groups in total. The second-order valence-electron chi connectivity index (χ2n) is 8.17. The highest BCUT2D eigenvalue weighted by Crippen LogP contribution is 2.28. The maximum absolute atomic E-state index is 12.7. The summed E-state index contributed by atoms with van der Waals surface area (Å²) in [4.78, 5) is 25.8. The predicted octanol–water partition coefficient (Wildman–Crippen LogP) is 3.89. The van der Waals surface area contributed by atoms with E-state index >= 15 is 0 Å². The van der Waals surface area contributed by atoms with Crippen molar-refractivity contribution in [3.8, 4) is 0 Å². The molecule has 2 aromatic carbocycles. The number of hydrogen-bond donors (Lipinski definition) is 3.